The van der Waals surface area contributed by atoms with E-state index in [4.69, 9.17) is 11.6 Å². The fourth-order valence-corrected chi connectivity index (χ4v) is 6.31. The number of hydrogen-bond donors (Lipinski definition) is 1. The van der Waals surface area contributed by atoms with Gasteiger partial charge in [0.1, 0.15) is 0 Å². The Morgan fingerprint density at radius 1 is 1.04 bits per heavy atom. The zero-order valence-corrected chi connectivity index (χ0v) is 16.2. The van der Waals surface area contributed by atoms with Crippen molar-refractivity contribution in [2.75, 3.05) is 0 Å². The molecule has 3 nitrogen and oxygen atoms in total. The van der Waals surface area contributed by atoms with Crippen molar-refractivity contribution in [1.82, 2.24) is 5.32 Å². The Morgan fingerprint density at radius 2 is 1.58 bits per heavy atom. The van der Waals surface area contributed by atoms with Crippen LogP contribution < -0.4 is 5.32 Å². The van der Waals surface area contributed by atoms with Crippen LogP contribution >= 0.6 is 11.6 Å². The first kappa shape index (κ1) is 18.0. The van der Waals surface area contributed by atoms with E-state index in [0.717, 1.165) is 17.8 Å². The van der Waals surface area contributed by atoms with Crippen LogP contribution in [0.15, 0.2) is 24.3 Å². The van der Waals surface area contributed by atoms with Crippen LogP contribution in [-0.2, 0) is 4.79 Å². The van der Waals surface area contributed by atoms with Gasteiger partial charge in [-0.05, 0) is 92.9 Å². The van der Waals surface area contributed by atoms with E-state index in [1.54, 1.807) is 24.3 Å². The third-order valence-corrected chi connectivity index (χ3v) is 7.38. The van der Waals surface area contributed by atoms with E-state index in [-0.39, 0.29) is 30.6 Å². The SMILES string of the molecule is CC(NC(=O)CCC(=O)c1ccc(Cl)cc1)C12CC3CC(CC(C3)C1)C2. The maximum Gasteiger partial charge on any atom is 0.220 e. The van der Waals surface area contributed by atoms with Crippen LogP contribution in [0.2, 0.25) is 5.02 Å². The largest absolute Gasteiger partial charge is 0.353 e. The van der Waals surface area contributed by atoms with Crippen molar-refractivity contribution >= 4 is 23.3 Å². The number of halogens is 1. The second-order valence-electron chi connectivity index (χ2n) is 9.00. The molecule has 4 aliphatic rings. The Morgan fingerprint density at radius 3 is 2.12 bits per heavy atom. The molecule has 0 aromatic heterocycles. The van der Waals surface area contributed by atoms with Crippen molar-refractivity contribution in [3.63, 3.8) is 0 Å². The van der Waals surface area contributed by atoms with Crippen LogP contribution in [0.4, 0.5) is 0 Å². The molecular formula is C22H28ClNO2. The standard InChI is InChI=1S/C22H28ClNO2/c1-14(22-11-15-8-16(12-22)10-17(9-15)13-22)24-21(26)7-6-20(25)18-2-4-19(23)5-3-18/h2-5,14-17H,6-13H2,1H3,(H,24,26). The molecule has 1 N–H and O–H groups in total. The highest BCUT2D eigenvalue weighted by Gasteiger charge is 2.53. The van der Waals surface area contributed by atoms with Crippen LogP contribution in [0, 0.1) is 23.2 Å². The van der Waals surface area contributed by atoms with Crippen molar-refractivity contribution in [2.45, 2.75) is 64.3 Å². The van der Waals surface area contributed by atoms with E-state index >= 15 is 0 Å². The molecule has 5 rings (SSSR count). The summed E-state index contributed by atoms with van der Waals surface area (Å²) in [6.45, 7) is 2.19. The lowest BCUT2D eigenvalue weighted by Gasteiger charge is -2.59. The maximum atomic E-state index is 12.5. The monoisotopic (exact) mass is 373 g/mol. The third-order valence-electron chi connectivity index (χ3n) is 7.13. The molecule has 4 fully saturated rings. The molecule has 4 bridgehead atoms. The summed E-state index contributed by atoms with van der Waals surface area (Å²) < 4.78 is 0. The van der Waals surface area contributed by atoms with Crippen molar-refractivity contribution in [2.24, 2.45) is 23.2 Å². The van der Waals surface area contributed by atoms with Crippen LogP contribution in [0.1, 0.15) is 68.6 Å². The van der Waals surface area contributed by atoms with E-state index < -0.39 is 0 Å². The molecule has 4 saturated carbocycles. The lowest BCUT2D eigenvalue weighted by Crippen LogP contribution is -2.55. The van der Waals surface area contributed by atoms with E-state index in [0.29, 0.717) is 16.0 Å². The summed E-state index contributed by atoms with van der Waals surface area (Å²) in [5.74, 6) is 2.65. The highest BCUT2D eigenvalue weighted by atomic mass is 35.5. The fourth-order valence-electron chi connectivity index (χ4n) is 6.18. The number of hydrogen-bond acceptors (Lipinski definition) is 2. The van der Waals surface area contributed by atoms with Gasteiger partial charge in [-0.2, -0.15) is 0 Å². The van der Waals surface area contributed by atoms with Crippen molar-refractivity contribution in [3.8, 4) is 0 Å². The molecule has 0 heterocycles. The molecule has 1 unspecified atom stereocenters. The number of Topliss-reactive ketones (excluding diaryl/α,β-unsaturated/α-hetero) is 1. The average Bonchev–Trinajstić information content (AvgIpc) is 2.59. The molecule has 4 heteroatoms. The molecule has 0 spiro atoms. The molecule has 1 atom stereocenters. The molecule has 1 aromatic carbocycles. The van der Waals surface area contributed by atoms with Gasteiger partial charge in [-0.1, -0.05) is 11.6 Å². The van der Waals surface area contributed by atoms with E-state index in [1.807, 2.05) is 0 Å². The van der Waals surface area contributed by atoms with E-state index in [2.05, 4.69) is 12.2 Å². The Balaban J connectivity index is 1.31. The van der Waals surface area contributed by atoms with Gasteiger partial charge in [0.2, 0.25) is 5.91 Å². The van der Waals surface area contributed by atoms with Gasteiger partial charge in [0, 0.05) is 29.5 Å². The second-order valence-corrected chi connectivity index (χ2v) is 9.44. The van der Waals surface area contributed by atoms with Gasteiger partial charge in [0.15, 0.2) is 5.78 Å². The first-order valence-corrected chi connectivity index (χ1v) is 10.4. The minimum absolute atomic E-state index is 0.000672. The van der Waals surface area contributed by atoms with Gasteiger partial charge in [-0.15, -0.1) is 0 Å². The minimum atomic E-state index is -0.000672. The summed E-state index contributed by atoms with van der Waals surface area (Å²) in [6, 6.07) is 7.09. The number of rotatable bonds is 6. The maximum absolute atomic E-state index is 12.5. The van der Waals surface area contributed by atoms with Gasteiger partial charge in [0.25, 0.3) is 0 Å². The summed E-state index contributed by atoms with van der Waals surface area (Å²) in [5, 5.41) is 3.86. The minimum Gasteiger partial charge on any atom is -0.353 e. The summed E-state index contributed by atoms with van der Waals surface area (Å²) in [7, 11) is 0. The zero-order valence-electron chi connectivity index (χ0n) is 15.5. The lowest BCUT2D eigenvalue weighted by atomic mass is 9.48. The number of benzene rings is 1. The van der Waals surface area contributed by atoms with Crippen LogP contribution in [0.3, 0.4) is 0 Å². The van der Waals surface area contributed by atoms with Crippen LogP contribution in [0.25, 0.3) is 0 Å². The van der Waals surface area contributed by atoms with Crippen LogP contribution in [0.5, 0.6) is 0 Å². The van der Waals surface area contributed by atoms with Gasteiger partial charge in [-0.3, -0.25) is 9.59 Å². The van der Waals surface area contributed by atoms with Gasteiger partial charge in [-0.25, -0.2) is 0 Å². The first-order chi connectivity index (χ1) is 12.4. The highest BCUT2D eigenvalue weighted by Crippen LogP contribution is 2.61. The Hall–Kier alpha value is -1.35. The summed E-state index contributed by atoms with van der Waals surface area (Å²) in [4.78, 5) is 24.7. The predicted octanol–water partition coefficient (Wildman–Crippen LogP) is 5.02. The summed E-state index contributed by atoms with van der Waals surface area (Å²) in [6.07, 6.45) is 8.60. The Labute approximate surface area is 160 Å². The van der Waals surface area contributed by atoms with Crippen molar-refractivity contribution < 1.29 is 9.59 Å². The quantitative estimate of drug-likeness (QED) is 0.711. The third kappa shape index (κ3) is 3.55. The van der Waals surface area contributed by atoms with Gasteiger partial charge < -0.3 is 5.32 Å². The number of ketones is 1. The van der Waals surface area contributed by atoms with Gasteiger partial charge >= 0.3 is 0 Å². The number of nitrogens with one attached hydrogen (secondary N) is 1. The number of carbonyl (C=O) groups is 2. The Bertz CT molecular complexity index is 661. The van der Waals surface area contributed by atoms with Crippen molar-refractivity contribution in [1.29, 1.82) is 0 Å². The van der Waals surface area contributed by atoms with E-state index in [9.17, 15) is 9.59 Å². The smallest absolute Gasteiger partial charge is 0.220 e. The molecule has 1 amide bonds. The Kier molecular flexibility index (Phi) is 4.85. The topological polar surface area (TPSA) is 46.2 Å². The molecule has 0 radical (unpaired) electrons. The summed E-state index contributed by atoms with van der Waals surface area (Å²) >= 11 is 5.85. The zero-order chi connectivity index (χ0) is 18.3. The average molecular weight is 374 g/mol. The molecular weight excluding hydrogens is 346 g/mol. The molecule has 140 valence electrons. The first-order valence-electron chi connectivity index (χ1n) is 10.0. The lowest BCUT2D eigenvalue weighted by molar-refractivity contribution is -0.125. The number of carbonyl (C=O) groups excluding carboxylic acids is 2. The number of amides is 1. The van der Waals surface area contributed by atoms with Gasteiger partial charge in [0.05, 0.1) is 0 Å². The van der Waals surface area contributed by atoms with Crippen LogP contribution in [-0.4, -0.2) is 17.7 Å². The molecule has 26 heavy (non-hydrogen) atoms. The molecule has 0 aliphatic heterocycles. The fraction of sp³-hybridized carbons (Fsp3) is 0.636. The second kappa shape index (κ2) is 6.99. The van der Waals surface area contributed by atoms with Crippen molar-refractivity contribution in [3.05, 3.63) is 34.9 Å². The molecule has 4 aliphatic carbocycles. The highest BCUT2D eigenvalue weighted by molar-refractivity contribution is 6.30. The van der Waals surface area contributed by atoms with E-state index in [1.165, 1.54) is 38.5 Å². The molecule has 0 saturated heterocycles. The predicted molar refractivity (Wildman–Crippen MR) is 103 cm³/mol. The summed E-state index contributed by atoms with van der Waals surface area (Å²) in [5.41, 5.74) is 0.932. The normalized spacial score (nSPS) is 33.1. The molecule has 1 aromatic rings.